The van der Waals surface area contributed by atoms with Gasteiger partial charge in [-0.15, -0.1) is 0 Å². The van der Waals surface area contributed by atoms with Crippen LogP contribution in [0.1, 0.15) is 31.9 Å². The molecule has 0 aromatic heterocycles. The first kappa shape index (κ1) is 25.5. The fraction of sp³-hybridized carbons (Fsp3) is 0.474. The molecule has 0 amide bonds. The molecule has 0 radical (unpaired) electrons. The summed E-state index contributed by atoms with van der Waals surface area (Å²) in [6, 6.07) is 0.349. The van der Waals surface area contributed by atoms with Gasteiger partial charge in [0.1, 0.15) is 5.75 Å². The molecule has 0 atom stereocenters. The highest BCUT2D eigenvalue weighted by atomic mass is 19.4. The van der Waals surface area contributed by atoms with Crippen molar-refractivity contribution < 1.29 is 50.1 Å². The summed E-state index contributed by atoms with van der Waals surface area (Å²) in [4.78, 5) is 23.4. The SMILES string of the molecule is C=C(COCC(C)(C)C)C(=O)OCC(=O)Oc1cc(C(F)(F)F)cc(C(F)(F)F)c1. The molecular weight excluding hydrogens is 422 g/mol. The molecule has 0 aliphatic heterocycles. The van der Waals surface area contributed by atoms with Gasteiger partial charge >= 0.3 is 24.3 Å². The Hall–Kier alpha value is -2.56. The molecule has 0 aliphatic carbocycles. The van der Waals surface area contributed by atoms with Gasteiger partial charge in [0.05, 0.1) is 29.9 Å². The Morgan fingerprint density at radius 1 is 0.900 bits per heavy atom. The molecular formula is C19H20F6O5. The van der Waals surface area contributed by atoms with Crippen molar-refractivity contribution >= 4 is 11.9 Å². The van der Waals surface area contributed by atoms with Crippen molar-refractivity contribution in [1.82, 2.24) is 0 Å². The molecule has 0 N–H and O–H groups in total. The normalized spacial score (nSPS) is 12.4. The van der Waals surface area contributed by atoms with Gasteiger partial charge in [-0.2, -0.15) is 26.3 Å². The molecule has 0 unspecified atom stereocenters. The van der Waals surface area contributed by atoms with Crippen LogP contribution in [0.25, 0.3) is 0 Å². The smallest absolute Gasteiger partial charge is 0.416 e. The molecule has 0 saturated carbocycles. The number of ether oxygens (including phenoxy) is 3. The van der Waals surface area contributed by atoms with E-state index in [1.54, 1.807) is 0 Å². The van der Waals surface area contributed by atoms with Crippen LogP contribution < -0.4 is 4.74 Å². The lowest BCUT2D eigenvalue weighted by Gasteiger charge is -2.18. The Balaban J connectivity index is 2.72. The Bertz CT molecular complexity index is 758. The zero-order chi connectivity index (χ0) is 23.3. The average molecular weight is 442 g/mol. The topological polar surface area (TPSA) is 61.8 Å². The average Bonchev–Trinajstić information content (AvgIpc) is 2.56. The quantitative estimate of drug-likeness (QED) is 0.263. The number of alkyl halides is 6. The van der Waals surface area contributed by atoms with Crippen LogP contribution in [0.15, 0.2) is 30.4 Å². The molecule has 11 heteroatoms. The first-order valence-corrected chi connectivity index (χ1v) is 8.42. The highest BCUT2D eigenvalue weighted by molar-refractivity contribution is 5.89. The van der Waals surface area contributed by atoms with Crippen LogP contribution in [0.2, 0.25) is 0 Å². The third-order valence-corrected chi connectivity index (χ3v) is 3.21. The molecule has 0 spiro atoms. The van der Waals surface area contributed by atoms with Crippen LogP contribution in [0, 0.1) is 5.41 Å². The second kappa shape index (κ2) is 9.50. The molecule has 1 rings (SSSR count). The van der Waals surface area contributed by atoms with Crippen LogP contribution in [0.5, 0.6) is 5.75 Å². The Morgan fingerprint density at radius 3 is 1.83 bits per heavy atom. The summed E-state index contributed by atoms with van der Waals surface area (Å²) in [5.41, 5.74) is -3.61. The molecule has 5 nitrogen and oxygen atoms in total. The number of benzene rings is 1. The standard InChI is InChI=1S/C19H20F6O5/c1-11(8-28-10-17(2,3)4)16(27)29-9-15(26)30-14-6-12(18(20,21)22)5-13(7-14)19(23,24)25/h5-7H,1,8-10H2,2-4H3. The molecule has 30 heavy (non-hydrogen) atoms. The number of carbonyl (C=O) groups excluding carboxylic acids is 2. The van der Waals surface area contributed by atoms with E-state index in [1.165, 1.54) is 0 Å². The number of halogens is 6. The summed E-state index contributed by atoms with van der Waals surface area (Å²) < 4.78 is 91.0. The van der Waals surface area contributed by atoms with Crippen molar-refractivity contribution in [2.24, 2.45) is 5.41 Å². The minimum Gasteiger partial charge on any atom is -0.450 e. The van der Waals surface area contributed by atoms with Gasteiger partial charge in [0, 0.05) is 0 Å². The van der Waals surface area contributed by atoms with Crippen LogP contribution >= 0.6 is 0 Å². The van der Waals surface area contributed by atoms with Gasteiger partial charge in [-0.1, -0.05) is 27.4 Å². The Morgan fingerprint density at radius 2 is 1.40 bits per heavy atom. The van der Waals surface area contributed by atoms with Crippen molar-refractivity contribution in [2.75, 3.05) is 19.8 Å². The minimum atomic E-state index is -5.10. The number of esters is 2. The first-order valence-electron chi connectivity index (χ1n) is 8.42. The summed E-state index contributed by atoms with van der Waals surface area (Å²) >= 11 is 0. The van der Waals surface area contributed by atoms with Crippen LogP contribution in [0.4, 0.5) is 26.3 Å². The van der Waals surface area contributed by atoms with E-state index in [9.17, 15) is 35.9 Å². The number of rotatable bonds is 7. The summed E-state index contributed by atoms with van der Waals surface area (Å²) in [6.07, 6.45) is -10.2. The second-order valence-corrected chi connectivity index (χ2v) is 7.45. The van der Waals surface area contributed by atoms with E-state index in [-0.39, 0.29) is 35.8 Å². The lowest BCUT2D eigenvalue weighted by Crippen LogP contribution is -2.22. The van der Waals surface area contributed by atoms with E-state index < -0.39 is 47.8 Å². The van der Waals surface area contributed by atoms with Gasteiger partial charge in [-0.25, -0.2) is 9.59 Å². The fourth-order valence-corrected chi connectivity index (χ4v) is 1.91. The van der Waals surface area contributed by atoms with E-state index in [2.05, 4.69) is 16.1 Å². The summed E-state index contributed by atoms with van der Waals surface area (Å²) in [5.74, 6) is -3.40. The third-order valence-electron chi connectivity index (χ3n) is 3.21. The van der Waals surface area contributed by atoms with Gasteiger partial charge < -0.3 is 14.2 Å². The van der Waals surface area contributed by atoms with Crippen molar-refractivity contribution in [2.45, 2.75) is 33.1 Å². The van der Waals surface area contributed by atoms with Gasteiger partial charge in [0.2, 0.25) is 0 Å². The Kier molecular flexibility index (Phi) is 8.07. The zero-order valence-corrected chi connectivity index (χ0v) is 16.4. The molecule has 0 heterocycles. The summed E-state index contributed by atoms with van der Waals surface area (Å²) in [6.45, 7) is 8.15. The van der Waals surface area contributed by atoms with Crippen molar-refractivity contribution in [3.8, 4) is 5.75 Å². The molecule has 1 aromatic rings. The highest BCUT2D eigenvalue weighted by Crippen LogP contribution is 2.38. The van der Waals surface area contributed by atoms with E-state index >= 15 is 0 Å². The maximum atomic E-state index is 12.8. The maximum absolute atomic E-state index is 12.8. The van der Waals surface area contributed by atoms with Crippen molar-refractivity contribution in [1.29, 1.82) is 0 Å². The molecule has 0 bridgehead atoms. The number of hydrogen-bond acceptors (Lipinski definition) is 5. The van der Waals surface area contributed by atoms with Gasteiger partial charge in [-0.05, 0) is 23.6 Å². The maximum Gasteiger partial charge on any atom is 0.416 e. The largest absolute Gasteiger partial charge is 0.450 e. The van der Waals surface area contributed by atoms with Crippen LogP contribution in [0.3, 0.4) is 0 Å². The number of carbonyl (C=O) groups is 2. The molecule has 1 aromatic carbocycles. The van der Waals surface area contributed by atoms with E-state index in [1.807, 2.05) is 20.8 Å². The van der Waals surface area contributed by atoms with Crippen LogP contribution in [-0.4, -0.2) is 31.8 Å². The molecule has 0 saturated heterocycles. The summed E-state index contributed by atoms with van der Waals surface area (Å²) in [5, 5.41) is 0. The van der Waals surface area contributed by atoms with Gasteiger partial charge in [0.15, 0.2) is 6.61 Å². The van der Waals surface area contributed by atoms with Crippen LogP contribution in [-0.2, 0) is 31.4 Å². The molecule has 0 aliphatic rings. The van der Waals surface area contributed by atoms with E-state index in [0.717, 1.165) is 0 Å². The Labute approximate surface area is 168 Å². The van der Waals surface area contributed by atoms with Crippen molar-refractivity contribution in [3.05, 3.63) is 41.5 Å². The van der Waals surface area contributed by atoms with Crippen molar-refractivity contribution in [3.63, 3.8) is 0 Å². The summed E-state index contributed by atoms with van der Waals surface area (Å²) in [7, 11) is 0. The first-order chi connectivity index (χ1) is 13.5. The third kappa shape index (κ3) is 8.85. The minimum absolute atomic E-state index is 0.112. The molecule has 0 fully saturated rings. The molecule has 168 valence electrons. The van der Waals surface area contributed by atoms with Gasteiger partial charge in [0.25, 0.3) is 0 Å². The highest BCUT2D eigenvalue weighted by Gasteiger charge is 2.37. The van der Waals surface area contributed by atoms with E-state index in [0.29, 0.717) is 6.61 Å². The fourth-order valence-electron chi connectivity index (χ4n) is 1.91. The monoisotopic (exact) mass is 442 g/mol. The lowest BCUT2D eigenvalue weighted by atomic mass is 9.99. The number of hydrogen-bond donors (Lipinski definition) is 0. The second-order valence-electron chi connectivity index (χ2n) is 7.45. The lowest BCUT2D eigenvalue weighted by molar-refractivity contribution is -0.151. The predicted molar refractivity (Wildman–Crippen MR) is 92.5 cm³/mol. The zero-order valence-electron chi connectivity index (χ0n) is 16.4. The van der Waals surface area contributed by atoms with Gasteiger partial charge in [-0.3, -0.25) is 0 Å². The van der Waals surface area contributed by atoms with E-state index in [4.69, 9.17) is 4.74 Å². The predicted octanol–water partition coefficient (Wildman–Crippen LogP) is 4.79.